The maximum Gasteiger partial charge on any atom is 0.318 e. The van der Waals surface area contributed by atoms with Gasteiger partial charge in [0, 0.05) is 24.7 Å². The number of hydrogen-bond acceptors (Lipinski definition) is 3. The highest BCUT2D eigenvalue weighted by atomic mass is 28.3. The minimum absolute atomic E-state index is 0.128. The Kier molecular flexibility index (Phi) is 5.94. The third-order valence-corrected chi connectivity index (χ3v) is 7.91. The second kappa shape index (κ2) is 8.39. The molecule has 1 aliphatic rings. The van der Waals surface area contributed by atoms with Crippen molar-refractivity contribution >= 4 is 36.8 Å². The summed E-state index contributed by atoms with van der Waals surface area (Å²) in [5.74, 6) is -0.256. The molecule has 0 aliphatic carbocycles. The van der Waals surface area contributed by atoms with Crippen molar-refractivity contribution in [3.05, 3.63) is 60.2 Å². The smallest absolute Gasteiger partial charge is 0.318 e. The lowest BCUT2D eigenvalue weighted by Crippen LogP contribution is -2.52. The molecule has 0 bridgehead atoms. The Morgan fingerprint density at radius 3 is 2.18 bits per heavy atom. The highest BCUT2D eigenvalue weighted by Gasteiger charge is 2.28. The predicted octanol–water partition coefficient (Wildman–Crippen LogP) is 2.61. The SMILES string of the molecule is C[Si](C)(CNC(=O)Nc1ccc(CN2C(=O)CCC2=O)cc1)c1ccccc1. The Hall–Kier alpha value is -2.93. The number of benzene rings is 2. The summed E-state index contributed by atoms with van der Waals surface area (Å²) in [6.07, 6.45) is 1.22. The molecule has 6 nitrogen and oxygen atoms in total. The number of imide groups is 1. The molecule has 1 heterocycles. The van der Waals surface area contributed by atoms with Gasteiger partial charge < -0.3 is 10.6 Å². The second-order valence-electron chi connectivity index (χ2n) is 7.63. The molecule has 0 spiro atoms. The third-order valence-electron chi connectivity index (χ3n) is 4.95. The molecule has 0 aromatic heterocycles. The fourth-order valence-electron chi connectivity index (χ4n) is 3.14. The maximum atomic E-state index is 12.2. The van der Waals surface area contributed by atoms with Crippen molar-refractivity contribution in [1.82, 2.24) is 10.2 Å². The van der Waals surface area contributed by atoms with Gasteiger partial charge in [-0.25, -0.2) is 4.79 Å². The Labute approximate surface area is 165 Å². The van der Waals surface area contributed by atoms with Crippen LogP contribution in [0.1, 0.15) is 18.4 Å². The highest BCUT2D eigenvalue weighted by Crippen LogP contribution is 2.17. The van der Waals surface area contributed by atoms with E-state index >= 15 is 0 Å². The first kappa shape index (κ1) is 19.8. The highest BCUT2D eigenvalue weighted by molar-refractivity contribution is 6.90. The van der Waals surface area contributed by atoms with Gasteiger partial charge in [-0.3, -0.25) is 14.5 Å². The van der Waals surface area contributed by atoms with Gasteiger partial charge in [0.15, 0.2) is 0 Å². The number of carbonyl (C=O) groups is 3. The van der Waals surface area contributed by atoms with Crippen LogP contribution < -0.4 is 15.8 Å². The molecule has 4 amide bonds. The monoisotopic (exact) mass is 395 g/mol. The molecule has 2 aromatic carbocycles. The van der Waals surface area contributed by atoms with E-state index in [1.54, 1.807) is 12.1 Å². The molecule has 2 aromatic rings. The van der Waals surface area contributed by atoms with E-state index in [9.17, 15) is 14.4 Å². The maximum absolute atomic E-state index is 12.2. The molecule has 0 radical (unpaired) electrons. The van der Waals surface area contributed by atoms with E-state index in [1.807, 2.05) is 30.3 Å². The lowest BCUT2D eigenvalue weighted by molar-refractivity contribution is -0.139. The molecule has 0 saturated carbocycles. The molecule has 1 aliphatic heterocycles. The Bertz CT molecular complexity index is 850. The van der Waals surface area contributed by atoms with E-state index in [4.69, 9.17) is 0 Å². The molecule has 28 heavy (non-hydrogen) atoms. The molecule has 1 saturated heterocycles. The standard InChI is InChI=1S/C21H25N3O3Si/c1-28(2,18-6-4-3-5-7-18)15-22-21(27)23-17-10-8-16(9-11-17)14-24-19(25)12-13-20(24)26/h3-11H,12-15H2,1-2H3,(H2,22,23,27). The molecule has 146 valence electrons. The minimum Gasteiger partial charge on any atom is -0.340 e. The topological polar surface area (TPSA) is 78.5 Å². The summed E-state index contributed by atoms with van der Waals surface area (Å²) in [4.78, 5) is 36.9. The van der Waals surface area contributed by atoms with Crippen LogP contribution in [0.4, 0.5) is 10.5 Å². The van der Waals surface area contributed by atoms with Crippen LogP contribution in [0, 0.1) is 0 Å². The largest absolute Gasteiger partial charge is 0.340 e. The van der Waals surface area contributed by atoms with E-state index in [0.29, 0.717) is 24.7 Å². The zero-order chi connectivity index (χ0) is 20.1. The number of anilines is 1. The predicted molar refractivity (Wildman–Crippen MR) is 112 cm³/mol. The fourth-order valence-corrected chi connectivity index (χ4v) is 5.04. The second-order valence-corrected chi connectivity index (χ2v) is 12.3. The summed E-state index contributed by atoms with van der Waals surface area (Å²) < 4.78 is 0. The first-order valence-electron chi connectivity index (χ1n) is 9.38. The Morgan fingerprint density at radius 1 is 0.964 bits per heavy atom. The van der Waals surface area contributed by atoms with Crippen LogP contribution in [0.5, 0.6) is 0 Å². The number of nitrogens with zero attached hydrogens (tertiary/aromatic N) is 1. The van der Waals surface area contributed by atoms with Gasteiger partial charge in [-0.1, -0.05) is 60.7 Å². The van der Waals surface area contributed by atoms with Gasteiger partial charge in [-0.05, 0) is 17.7 Å². The Balaban J connectivity index is 1.52. The summed E-state index contributed by atoms with van der Waals surface area (Å²) >= 11 is 0. The molecule has 0 unspecified atom stereocenters. The number of urea groups is 1. The average Bonchev–Trinajstić information content (AvgIpc) is 3.01. The Morgan fingerprint density at radius 2 is 1.57 bits per heavy atom. The van der Waals surface area contributed by atoms with Crippen LogP contribution in [0.15, 0.2) is 54.6 Å². The lowest BCUT2D eigenvalue weighted by atomic mass is 10.2. The minimum atomic E-state index is -1.74. The first-order chi connectivity index (χ1) is 13.3. The zero-order valence-corrected chi connectivity index (χ0v) is 17.2. The molecular weight excluding hydrogens is 370 g/mol. The van der Waals surface area contributed by atoms with Crippen LogP contribution in [0.3, 0.4) is 0 Å². The van der Waals surface area contributed by atoms with Crippen LogP contribution in [0.2, 0.25) is 13.1 Å². The normalized spacial score (nSPS) is 14.3. The summed E-state index contributed by atoms with van der Waals surface area (Å²) in [5, 5.41) is 7.09. The average molecular weight is 396 g/mol. The zero-order valence-electron chi connectivity index (χ0n) is 16.2. The van der Waals surface area contributed by atoms with E-state index in [-0.39, 0.29) is 24.4 Å². The number of hydrogen-bond donors (Lipinski definition) is 2. The van der Waals surface area contributed by atoms with E-state index in [2.05, 4.69) is 35.9 Å². The van der Waals surface area contributed by atoms with Gasteiger partial charge in [0.05, 0.1) is 6.54 Å². The van der Waals surface area contributed by atoms with Crippen molar-refractivity contribution in [3.8, 4) is 0 Å². The van der Waals surface area contributed by atoms with Gasteiger partial charge in [0.2, 0.25) is 11.8 Å². The lowest BCUT2D eigenvalue weighted by Gasteiger charge is -2.23. The van der Waals surface area contributed by atoms with Gasteiger partial charge >= 0.3 is 6.03 Å². The van der Waals surface area contributed by atoms with E-state index in [1.165, 1.54) is 10.1 Å². The van der Waals surface area contributed by atoms with Crippen molar-refractivity contribution in [2.75, 3.05) is 11.5 Å². The summed E-state index contributed by atoms with van der Waals surface area (Å²) in [6, 6.07) is 17.2. The number of rotatable bonds is 6. The quantitative estimate of drug-likeness (QED) is 0.583. The van der Waals surface area contributed by atoms with Gasteiger partial charge in [-0.15, -0.1) is 0 Å². The van der Waals surface area contributed by atoms with Gasteiger partial charge in [-0.2, -0.15) is 0 Å². The molecule has 7 heteroatoms. The molecule has 0 atom stereocenters. The van der Waals surface area contributed by atoms with Crippen molar-refractivity contribution < 1.29 is 14.4 Å². The molecule has 2 N–H and O–H groups in total. The van der Waals surface area contributed by atoms with Crippen LogP contribution >= 0.6 is 0 Å². The van der Waals surface area contributed by atoms with Gasteiger partial charge in [0.1, 0.15) is 8.07 Å². The first-order valence-corrected chi connectivity index (χ1v) is 12.6. The molecule has 1 fully saturated rings. The number of carbonyl (C=O) groups excluding carboxylic acids is 3. The van der Waals surface area contributed by atoms with Crippen LogP contribution in [-0.2, 0) is 16.1 Å². The van der Waals surface area contributed by atoms with Crippen molar-refractivity contribution in [2.45, 2.75) is 32.5 Å². The van der Waals surface area contributed by atoms with Crippen molar-refractivity contribution in [3.63, 3.8) is 0 Å². The van der Waals surface area contributed by atoms with Gasteiger partial charge in [0.25, 0.3) is 0 Å². The number of amides is 4. The molecular formula is C21H25N3O3Si. The molecule has 3 rings (SSSR count). The van der Waals surface area contributed by atoms with E-state index in [0.717, 1.165) is 5.56 Å². The van der Waals surface area contributed by atoms with Crippen molar-refractivity contribution in [1.29, 1.82) is 0 Å². The number of likely N-dealkylation sites (tertiary alicyclic amines) is 1. The van der Waals surface area contributed by atoms with Crippen LogP contribution in [0.25, 0.3) is 0 Å². The summed E-state index contributed by atoms with van der Waals surface area (Å²) in [7, 11) is -1.74. The summed E-state index contributed by atoms with van der Waals surface area (Å²) in [5.41, 5.74) is 1.52. The fraction of sp³-hybridized carbons (Fsp3) is 0.286. The van der Waals surface area contributed by atoms with E-state index < -0.39 is 8.07 Å². The summed E-state index contributed by atoms with van der Waals surface area (Å²) in [6.45, 7) is 4.72. The third kappa shape index (κ3) is 4.86. The number of nitrogens with one attached hydrogen (secondary N) is 2. The van der Waals surface area contributed by atoms with Crippen LogP contribution in [-0.4, -0.2) is 37.0 Å². The van der Waals surface area contributed by atoms with Crippen molar-refractivity contribution in [2.24, 2.45) is 0 Å².